The number of fused-ring (bicyclic) bond motifs is 1. The number of hydrogen-bond donors (Lipinski definition) is 0. The summed E-state index contributed by atoms with van der Waals surface area (Å²) in [6.07, 6.45) is 5.10. The van der Waals surface area contributed by atoms with E-state index >= 15 is 0 Å². The minimum Gasteiger partial charge on any atom is -0.340 e. The number of sulfonamides is 1. The summed E-state index contributed by atoms with van der Waals surface area (Å²) < 4.78 is 27.3. The van der Waals surface area contributed by atoms with E-state index in [-0.39, 0.29) is 60.5 Å². The zero-order chi connectivity index (χ0) is 23.0. The fourth-order valence-corrected chi connectivity index (χ4v) is 6.16. The number of aryl methyl sites for hydroxylation is 2. The molecule has 3 aliphatic rings. The quantitative estimate of drug-likeness (QED) is 0.491. The molecule has 9 heteroatoms. The van der Waals surface area contributed by atoms with Gasteiger partial charge in [0, 0.05) is 39.1 Å². The molecule has 0 radical (unpaired) electrons. The molecule has 0 unspecified atom stereocenters. The van der Waals surface area contributed by atoms with Gasteiger partial charge in [0.15, 0.2) is 0 Å². The third kappa shape index (κ3) is 4.11. The van der Waals surface area contributed by atoms with Crippen LogP contribution in [0.2, 0.25) is 0 Å². The number of rotatable bonds is 5. The lowest BCUT2D eigenvalue weighted by atomic mass is 9.85. The van der Waals surface area contributed by atoms with Crippen LogP contribution < -0.4 is 0 Å². The van der Waals surface area contributed by atoms with Gasteiger partial charge in [0.1, 0.15) is 0 Å². The Morgan fingerprint density at radius 2 is 1.53 bits per heavy atom. The van der Waals surface area contributed by atoms with Gasteiger partial charge >= 0.3 is 0 Å². The summed E-state index contributed by atoms with van der Waals surface area (Å²) in [6.45, 7) is 4.93. The molecular weight excluding hydrogens is 430 g/mol. The van der Waals surface area contributed by atoms with Crippen LogP contribution in [0.5, 0.6) is 0 Å². The van der Waals surface area contributed by atoms with Crippen LogP contribution in [-0.2, 0) is 24.4 Å². The van der Waals surface area contributed by atoms with Crippen molar-refractivity contribution in [1.82, 2.24) is 14.1 Å². The second-order valence-corrected chi connectivity index (χ2v) is 10.7. The van der Waals surface area contributed by atoms with Crippen LogP contribution >= 0.6 is 0 Å². The average molecular weight is 460 g/mol. The van der Waals surface area contributed by atoms with E-state index < -0.39 is 10.0 Å². The van der Waals surface area contributed by atoms with Crippen molar-refractivity contribution in [1.29, 1.82) is 0 Å². The molecule has 2 aliphatic heterocycles. The maximum absolute atomic E-state index is 13.0. The normalized spacial score (nSPS) is 24.2. The molecule has 0 spiro atoms. The molecule has 2 fully saturated rings. The third-order valence-electron chi connectivity index (χ3n) is 6.86. The fraction of sp³-hybridized carbons (Fsp3) is 0.522. The highest BCUT2D eigenvalue weighted by atomic mass is 32.2. The molecule has 1 aromatic rings. The number of allylic oxidation sites excluding steroid dienone is 2. The fourth-order valence-electron chi connectivity index (χ4n) is 4.66. The lowest BCUT2D eigenvalue weighted by Crippen LogP contribution is -2.51. The summed E-state index contributed by atoms with van der Waals surface area (Å²) in [6, 6.07) is 5.10. The smallest absolute Gasteiger partial charge is 0.243 e. The molecular formula is C23H29N3O5S. The van der Waals surface area contributed by atoms with Crippen molar-refractivity contribution in [3.8, 4) is 0 Å². The minimum absolute atomic E-state index is 0.0637. The van der Waals surface area contributed by atoms with Crippen molar-refractivity contribution in [2.75, 3.05) is 32.7 Å². The van der Waals surface area contributed by atoms with E-state index in [0.29, 0.717) is 25.9 Å². The number of imide groups is 1. The lowest BCUT2D eigenvalue weighted by molar-refractivity contribution is -0.141. The first-order valence-electron chi connectivity index (χ1n) is 11.1. The van der Waals surface area contributed by atoms with Gasteiger partial charge < -0.3 is 4.90 Å². The maximum Gasteiger partial charge on any atom is 0.243 e. The number of hydrogen-bond acceptors (Lipinski definition) is 5. The van der Waals surface area contributed by atoms with Crippen molar-refractivity contribution < 1.29 is 22.8 Å². The SMILES string of the molecule is Cc1ccc(S(=O)(=O)N2CCN(C(=O)CCN3C(=O)[C@@H]4CC=CC[C@H]4C3=O)CC2)cc1C. The van der Waals surface area contributed by atoms with Crippen LogP contribution in [0.15, 0.2) is 35.2 Å². The highest BCUT2D eigenvalue weighted by molar-refractivity contribution is 7.89. The predicted octanol–water partition coefficient (Wildman–Crippen LogP) is 1.48. The van der Waals surface area contributed by atoms with Crippen LogP contribution in [-0.4, -0.2) is 73.0 Å². The van der Waals surface area contributed by atoms with Crippen LogP contribution in [0.1, 0.15) is 30.4 Å². The molecule has 0 N–H and O–H groups in total. The highest BCUT2D eigenvalue weighted by Crippen LogP contribution is 2.35. The number of carbonyl (C=O) groups excluding carboxylic acids is 3. The minimum atomic E-state index is -3.61. The maximum atomic E-state index is 13.0. The van der Waals surface area contributed by atoms with Crippen LogP contribution in [0.25, 0.3) is 0 Å². The third-order valence-corrected chi connectivity index (χ3v) is 8.75. The first-order valence-corrected chi connectivity index (χ1v) is 12.5. The van der Waals surface area contributed by atoms with E-state index in [2.05, 4.69) is 0 Å². The van der Waals surface area contributed by atoms with Crippen molar-refractivity contribution in [2.45, 2.75) is 38.0 Å². The number of benzene rings is 1. The van der Waals surface area contributed by atoms with Gasteiger partial charge in [0.05, 0.1) is 16.7 Å². The summed E-state index contributed by atoms with van der Waals surface area (Å²) in [7, 11) is -3.61. The van der Waals surface area contributed by atoms with E-state index in [1.165, 1.54) is 9.21 Å². The predicted molar refractivity (Wildman–Crippen MR) is 118 cm³/mol. The van der Waals surface area contributed by atoms with E-state index in [9.17, 15) is 22.8 Å². The number of nitrogens with zero attached hydrogens (tertiary/aromatic N) is 3. The molecule has 0 bridgehead atoms. The van der Waals surface area contributed by atoms with E-state index in [1.807, 2.05) is 26.0 Å². The van der Waals surface area contributed by atoms with E-state index in [0.717, 1.165) is 11.1 Å². The highest BCUT2D eigenvalue weighted by Gasteiger charge is 2.47. The van der Waals surface area contributed by atoms with Gasteiger partial charge in [-0.1, -0.05) is 18.2 Å². The van der Waals surface area contributed by atoms with Crippen LogP contribution in [0.3, 0.4) is 0 Å². The van der Waals surface area contributed by atoms with Crippen LogP contribution in [0.4, 0.5) is 0 Å². The molecule has 0 saturated carbocycles. The first kappa shape index (κ1) is 22.7. The van der Waals surface area contributed by atoms with E-state index in [4.69, 9.17) is 0 Å². The molecule has 0 aromatic heterocycles. The van der Waals surface area contributed by atoms with Gasteiger partial charge in [-0.05, 0) is 49.9 Å². The number of carbonyl (C=O) groups is 3. The molecule has 8 nitrogen and oxygen atoms in total. The second kappa shape index (κ2) is 8.78. The Bertz CT molecular complexity index is 1050. The molecule has 1 aliphatic carbocycles. The monoisotopic (exact) mass is 459 g/mol. The van der Waals surface area contributed by atoms with Gasteiger partial charge in [-0.2, -0.15) is 4.31 Å². The standard InChI is InChI=1S/C23H29N3O5S/c1-16-7-8-18(15-17(16)2)32(30,31)25-13-11-24(12-14-25)21(27)9-10-26-22(28)19-5-3-4-6-20(19)23(26)29/h3-4,7-8,15,19-20H,5-6,9-14H2,1-2H3/t19-,20-/m1/s1. The molecule has 2 saturated heterocycles. The summed E-state index contributed by atoms with van der Waals surface area (Å²) in [4.78, 5) is 40.9. The van der Waals surface area contributed by atoms with Crippen molar-refractivity contribution >= 4 is 27.7 Å². The Balaban J connectivity index is 1.31. The Labute approximate surface area is 188 Å². The Kier molecular flexibility index (Phi) is 6.22. The largest absolute Gasteiger partial charge is 0.340 e. The molecule has 172 valence electrons. The molecule has 4 rings (SSSR count). The number of piperazine rings is 1. The molecule has 2 heterocycles. The Hall–Kier alpha value is -2.52. The molecule has 1 aromatic carbocycles. The summed E-state index contributed by atoms with van der Waals surface area (Å²) in [5.41, 5.74) is 1.95. The van der Waals surface area contributed by atoms with Gasteiger partial charge in [0.25, 0.3) is 0 Å². The van der Waals surface area contributed by atoms with Crippen molar-refractivity contribution in [2.24, 2.45) is 11.8 Å². The summed E-state index contributed by atoms with van der Waals surface area (Å²) in [5, 5.41) is 0. The van der Waals surface area contributed by atoms with Crippen LogP contribution in [0, 0.1) is 25.7 Å². The summed E-state index contributed by atoms with van der Waals surface area (Å²) in [5.74, 6) is -1.10. The van der Waals surface area contributed by atoms with Gasteiger partial charge in [-0.15, -0.1) is 0 Å². The van der Waals surface area contributed by atoms with E-state index in [1.54, 1.807) is 23.1 Å². The zero-order valence-electron chi connectivity index (χ0n) is 18.5. The molecule has 3 amide bonds. The second-order valence-electron chi connectivity index (χ2n) is 8.76. The van der Waals surface area contributed by atoms with Crippen molar-refractivity contribution in [3.05, 3.63) is 41.5 Å². The van der Waals surface area contributed by atoms with Gasteiger partial charge in [-0.25, -0.2) is 8.42 Å². The lowest BCUT2D eigenvalue weighted by Gasteiger charge is -2.34. The number of likely N-dealkylation sites (tertiary alicyclic amines) is 1. The van der Waals surface area contributed by atoms with Crippen molar-refractivity contribution in [3.63, 3.8) is 0 Å². The van der Waals surface area contributed by atoms with Gasteiger partial charge in [-0.3, -0.25) is 19.3 Å². The Morgan fingerprint density at radius 1 is 0.938 bits per heavy atom. The average Bonchev–Trinajstić information content (AvgIpc) is 3.04. The first-order chi connectivity index (χ1) is 15.2. The number of amides is 3. The Morgan fingerprint density at radius 3 is 2.09 bits per heavy atom. The molecule has 32 heavy (non-hydrogen) atoms. The molecule has 2 atom stereocenters. The topological polar surface area (TPSA) is 95.1 Å². The van der Waals surface area contributed by atoms with Gasteiger partial charge in [0.2, 0.25) is 27.7 Å². The summed E-state index contributed by atoms with van der Waals surface area (Å²) >= 11 is 0. The zero-order valence-corrected chi connectivity index (χ0v) is 19.3.